The molecular formula is C19H26NO+. The van der Waals surface area contributed by atoms with Crippen molar-refractivity contribution in [3.05, 3.63) is 71.8 Å². The van der Waals surface area contributed by atoms with Crippen LogP contribution in [0.2, 0.25) is 0 Å². The van der Waals surface area contributed by atoms with E-state index in [9.17, 15) is 0 Å². The first-order valence-corrected chi connectivity index (χ1v) is 6.88. The standard InChI is InChI=1S/C19H26NO/c1-20(2,3)14-15-21-19(18-12-8-5-9-13-18)16-17-10-6-4-7-11-17/h4-13,19H,14-16H2,1-3H3/q+1/i1D3,2D3,3D3. The molecular weight excluding hydrogens is 258 g/mol. The van der Waals surface area contributed by atoms with Gasteiger partial charge in [-0.15, -0.1) is 0 Å². The highest BCUT2D eigenvalue weighted by Crippen LogP contribution is 2.22. The van der Waals surface area contributed by atoms with Crippen molar-refractivity contribution >= 4 is 0 Å². The Morgan fingerprint density at radius 2 is 1.57 bits per heavy atom. The van der Waals surface area contributed by atoms with E-state index in [0.717, 1.165) is 11.1 Å². The summed E-state index contributed by atoms with van der Waals surface area (Å²) in [5, 5.41) is 0. The van der Waals surface area contributed by atoms with Crippen molar-refractivity contribution in [1.29, 1.82) is 0 Å². The quantitative estimate of drug-likeness (QED) is 0.707. The third-order valence-electron chi connectivity index (χ3n) is 3.18. The molecule has 0 radical (unpaired) electrons. The average Bonchev–Trinajstić information content (AvgIpc) is 2.62. The van der Waals surface area contributed by atoms with E-state index in [4.69, 9.17) is 17.1 Å². The van der Waals surface area contributed by atoms with Crippen LogP contribution in [0, 0.1) is 0 Å². The van der Waals surface area contributed by atoms with E-state index in [0.29, 0.717) is 6.42 Å². The van der Waals surface area contributed by atoms with Gasteiger partial charge in [-0.25, -0.2) is 0 Å². The molecule has 21 heavy (non-hydrogen) atoms. The number of benzene rings is 2. The van der Waals surface area contributed by atoms with Gasteiger partial charge in [0.2, 0.25) is 0 Å². The summed E-state index contributed by atoms with van der Waals surface area (Å²) in [7, 11) is 0. The molecule has 2 aromatic rings. The SMILES string of the molecule is [2H]C([2H])([2H])[N+](CCOC(Cc1ccccc1)c1ccccc1)(C([2H])([2H])[2H])C([2H])([2H])[2H]. The number of quaternary nitrogens is 1. The van der Waals surface area contributed by atoms with Crippen molar-refractivity contribution in [2.45, 2.75) is 12.5 Å². The van der Waals surface area contributed by atoms with Crippen LogP contribution in [0.5, 0.6) is 0 Å². The Morgan fingerprint density at radius 1 is 0.952 bits per heavy atom. The second-order valence-electron chi connectivity index (χ2n) is 4.99. The number of nitrogens with zero attached hydrogens (tertiary/aromatic N) is 1. The van der Waals surface area contributed by atoms with E-state index in [1.807, 2.05) is 60.7 Å². The first-order valence-electron chi connectivity index (χ1n) is 11.4. The van der Waals surface area contributed by atoms with E-state index in [1.54, 1.807) is 0 Å². The monoisotopic (exact) mass is 293 g/mol. The maximum absolute atomic E-state index is 7.71. The third-order valence-corrected chi connectivity index (χ3v) is 3.18. The summed E-state index contributed by atoms with van der Waals surface area (Å²) >= 11 is 0. The summed E-state index contributed by atoms with van der Waals surface area (Å²) < 4.78 is 73.3. The van der Waals surface area contributed by atoms with Gasteiger partial charge in [0.05, 0.1) is 46.0 Å². The average molecular weight is 293 g/mol. The molecule has 112 valence electrons. The van der Waals surface area contributed by atoms with E-state index < -0.39 is 38.1 Å². The van der Waals surface area contributed by atoms with Gasteiger partial charge in [-0.3, -0.25) is 0 Å². The molecule has 0 aliphatic heterocycles. The van der Waals surface area contributed by atoms with Crippen LogP contribution in [0.25, 0.3) is 0 Å². The Morgan fingerprint density at radius 3 is 2.19 bits per heavy atom. The van der Waals surface area contributed by atoms with Crippen LogP contribution < -0.4 is 0 Å². The molecule has 2 nitrogen and oxygen atoms in total. The van der Waals surface area contributed by atoms with Crippen molar-refractivity contribution < 1.29 is 21.6 Å². The zero-order valence-corrected chi connectivity index (χ0v) is 11.8. The minimum Gasteiger partial charge on any atom is -0.367 e. The van der Waals surface area contributed by atoms with Gasteiger partial charge in [-0.2, -0.15) is 0 Å². The van der Waals surface area contributed by atoms with Gasteiger partial charge in [0.1, 0.15) is 6.54 Å². The number of hydrogen-bond acceptors (Lipinski definition) is 1. The Balaban J connectivity index is 2.28. The number of likely N-dealkylation sites (N-methyl/N-ethyl adjacent to an activating group) is 1. The van der Waals surface area contributed by atoms with Gasteiger partial charge in [0.15, 0.2) is 0 Å². The summed E-state index contributed by atoms with van der Waals surface area (Å²) in [5.74, 6) is 0. The lowest BCUT2D eigenvalue weighted by Crippen LogP contribution is -2.37. The maximum Gasteiger partial charge on any atom is 0.102 e. The van der Waals surface area contributed by atoms with Crippen molar-refractivity contribution in [1.82, 2.24) is 0 Å². The molecule has 0 amide bonds. The first kappa shape index (κ1) is 7.57. The number of ether oxygens (including phenoxy) is 1. The summed E-state index contributed by atoms with van der Waals surface area (Å²) in [6, 6.07) is 18.7. The molecule has 2 rings (SSSR count). The number of hydrogen-bond donors (Lipinski definition) is 0. The summed E-state index contributed by atoms with van der Waals surface area (Å²) in [6.45, 7) is -10.9. The molecule has 1 atom stereocenters. The molecule has 0 heterocycles. The van der Waals surface area contributed by atoms with Gasteiger partial charge in [0, 0.05) is 6.42 Å². The minimum atomic E-state index is -3.28. The fourth-order valence-electron chi connectivity index (χ4n) is 2.10. The fourth-order valence-corrected chi connectivity index (χ4v) is 2.10. The highest BCUT2D eigenvalue weighted by Gasteiger charge is 2.15. The topological polar surface area (TPSA) is 9.23 Å². The second-order valence-corrected chi connectivity index (χ2v) is 4.99. The molecule has 0 spiro atoms. The summed E-state index contributed by atoms with van der Waals surface area (Å²) in [6.07, 6.45) is -0.0135. The van der Waals surface area contributed by atoms with Crippen LogP contribution in [-0.2, 0) is 11.2 Å². The molecule has 0 bridgehead atoms. The van der Waals surface area contributed by atoms with Crippen molar-refractivity contribution in [2.24, 2.45) is 0 Å². The zero-order chi connectivity index (χ0) is 22.6. The largest absolute Gasteiger partial charge is 0.367 e. The van der Waals surface area contributed by atoms with Crippen molar-refractivity contribution in [3.8, 4) is 0 Å². The van der Waals surface area contributed by atoms with Crippen LogP contribution in [0.1, 0.15) is 29.6 Å². The minimum absolute atomic E-state index is 0.346. The second kappa shape index (κ2) is 7.39. The van der Waals surface area contributed by atoms with Gasteiger partial charge in [-0.05, 0) is 11.1 Å². The summed E-state index contributed by atoms with van der Waals surface area (Å²) in [4.78, 5) is 0. The fraction of sp³-hybridized carbons (Fsp3) is 0.368. The first-order chi connectivity index (χ1) is 13.8. The normalized spacial score (nSPS) is 21.2. The molecule has 0 saturated carbocycles. The summed E-state index contributed by atoms with van der Waals surface area (Å²) in [5.41, 5.74) is 1.81. The lowest BCUT2D eigenvalue weighted by molar-refractivity contribution is -0.870. The van der Waals surface area contributed by atoms with Crippen molar-refractivity contribution in [3.63, 3.8) is 0 Å². The highest BCUT2D eigenvalue weighted by atomic mass is 16.5. The Bertz CT molecular complexity index is 750. The number of rotatable bonds is 7. The lowest BCUT2D eigenvalue weighted by Gasteiger charge is -2.25. The van der Waals surface area contributed by atoms with Gasteiger partial charge < -0.3 is 9.22 Å². The molecule has 0 N–H and O–H groups in total. The molecule has 0 fully saturated rings. The molecule has 0 aliphatic rings. The van der Waals surface area contributed by atoms with Gasteiger partial charge in [-0.1, -0.05) is 60.7 Å². The predicted molar refractivity (Wildman–Crippen MR) is 88.2 cm³/mol. The molecule has 0 saturated heterocycles. The zero-order valence-electron chi connectivity index (χ0n) is 20.8. The van der Waals surface area contributed by atoms with Gasteiger partial charge >= 0.3 is 0 Å². The van der Waals surface area contributed by atoms with Crippen LogP contribution in [0.3, 0.4) is 0 Å². The maximum atomic E-state index is 7.71. The Hall–Kier alpha value is -1.64. The van der Waals surface area contributed by atoms with E-state index >= 15 is 0 Å². The van der Waals surface area contributed by atoms with Crippen molar-refractivity contribution in [2.75, 3.05) is 34.1 Å². The molecule has 2 aromatic carbocycles. The Kier molecular flexibility index (Phi) is 2.66. The Labute approximate surface area is 141 Å². The smallest absolute Gasteiger partial charge is 0.102 e. The molecule has 0 aromatic heterocycles. The molecule has 0 aliphatic carbocycles. The third kappa shape index (κ3) is 5.70. The van der Waals surface area contributed by atoms with Gasteiger partial charge in [0.25, 0.3) is 0 Å². The van der Waals surface area contributed by atoms with Crippen LogP contribution in [0.15, 0.2) is 60.7 Å². The molecule has 1 unspecified atom stereocenters. The van der Waals surface area contributed by atoms with Crippen LogP contribution in [-0.4, -0.2) is 38.6 Å². The van der Waals surface area contributed by atoms with Crippen LogP contribution in [0.4, 0.5) is 0 Å². The predicted octanol–water partition coefficient (Wildman–Crippen LogP) is 3.69. The van der Waals surface area contributed by atoms with E-state index in [1.165, 1.54) is 0 Å². The lowest BCUT2D eigenvalue weighted by atomic mass is 10.0. The van der Waals surface area contributed by atoms with Crippen LogP contribution >= 0.6 is 0 Å². The highest BCUT2D eigenvalue weighted by molar-refractivity contribution is 5.22. The van der Waals surface area contributed by atoms with E-state index in [-0.39, 0.29) is 6.61 Å². The van der Waals surface area contributed by atoms with E-state index in [2.05, 4.69) is 0 Å². The molecule has 2 heteroatoms.